The second-order valence-corrected chi connectivity index (χ2v) is 5.91. The maximum Gasteiger partial charge on any atom is 0.131 e. The van der Waals surface area contributed by atoms with Crippen LogP contribution in [0, 0.1) is 22.6 Å². The molecule has 0 spiro atoms. The van der Waals surface area contributed by atoms with Crippen molar-refractivity contribution in [1.82, 2.24) is 5.32 Å². The topological polar surface area (TPSA) is 45.0 Å². The quantitative estimate of drug-likeness (QED) is 0.730. The Morgan fingerprint density at radius 2 is 2.14 bits per heavy atom. The van der Waals surface area contributed by atoms with Gasteiger partial charge in [-0.15, -0.1) is 0 Å². The van der Waals surface area contributed by atoms with Gasteiger partial charge in [-0.3, -0.25) is 0 Å². The van der Waals surface area contributed by atoms with E-state index in [1.54, 1.807) is 12.1 Å². The van der Waals surface area contributed by atoms with Crippen LogP contribution in [0.2, 0.25) is 0 Å². The Labute approximate surface area is 127 Å². The van der Waals surface area contributed by atoms with Crippen molar-refractivity contribution in [3.63, 3.8) is 0 Å². The summed E-state index contributed by atoms with van der Waals surface area (Å²) in [6.07, 6.45) is 1.54. The van der Waals surface area contributed by atoms with Crippen LogP contribution in [0.1, 0.15) is 52.1 Å². The van der Waals surface area contributed by atoms with Gasteiger partial charge in [0.15, 0.2) is 0 Å². The van der Waals surface area contributed by atoms with Crippen LogP contribution in [0.25, 0.3) is 0 Å². The van der Waals surface area contributed by atoms with Gasteiger partial charge in [-0.25, -0.2) is 4.39 Å². The van der Waals surface area contributed by atoms with Crippen molar-refractivity contribution in [2.75, 3.05) is 13.2 Å². The first-order valence-corrected chi connectivity index (χ1v) is 7.46. The molecule has 0 amide bonds. The lowest BCUT2D eigenvalue weighted by Gasteiger charge is -2.16. The number of benzene rings is 1. The number of nitriles is 1. The van der Waals surface area contributed by atoms with E-state index in [1.807, 2.05) is 27.7 Å². The average molecular weight is 292 g/mol. The van der Waals surface area contributed by atoms with Gasteiger partial charge in [-0.05, 0) is 46.2 Å². The van der Waals surface area contributed by atoms with Gasteiger partial charge in [0, 0.05) is 17.7 Å². The molecule has 0 aliphatic carbocycles. The molecule has 0 saturated carbocycles. The summed E-state index contributed by atoms with van der Waals surface area (Å²) in [6, 6.07) is 7.23. The van der Waals surface area contributed by atoms with E-state index in [-0.39, 0.29) is 17.3 Å². The molecule has 116 valence electrons. The molecule has 1 aromatic carbocycles. The molecular weight excluding hydrogens is 267 g/mol. The van der Waals surface area contributed by atoms with E-state index in [2.05, 4.69) is 11.4 Å². The van der Waals surface area contributed by atoms with Gasteiger partial charge in [-0.2, -0.15) is 5.26 Å². The summed E-state index contributed by atoms with van der Waals surface area (Å²) in [5.41, 5.74) is 0.314. The highest BCUT2D eigenvalue weighted by molar-refractivity contribution is 5.30. The number of hydrogen-bond donors (Lipinski definition) is 1. The van der Waals surface area contributed by atoms with E-state index in [0.29, 0.717) is 17.9 Å². The third-order valence-corrected chi connectivity index (χ3v) is 3.47. The SMILES string of the molecule is CCNC(C)c1ccc(OCCCC(C)(C)C#N)cc1F. The summed E-state index contributed by atoms with van der Waals surface area (Å²) in [7, 11) is 0. The third-order valence-electron chi connectivity index (χ3n) is 3.47. The van der Waals surface area contributed by atoms with Crippen LogP contribution >= 0.6 is 0 Å². The predicted molar refractivity (Wildman–Crippen MR) is 82.6 cm³/mol. The van der Waals surface area contributed by atoms with Gasteiger partial charge in [-0.1, -0.05) is 13.0 Å². The molecule has 1 rings (SSSR count). The van der Waals surface area contributed by atoms with Crippen LogP contribution in [-0.2, 0) is 0 Å². The molecule has 0 aliphatic rings. The van der Waals surface area contributed by atoms with Crippen LogP contribution in [0.4, 0.5) is 4.39 Å². The van der Waals surface area contributed by atoms with E-state index in [4.69, 9.17) is 10.00 Å². The van der Waals surface area contributed by atoms with Gasteiger partial charge in [0.25, 0.3) is 0 Å². The smallest absolute Gasteiger partial charge is 0.131 e. The van der Waals surface area contributed by atoms with Crippen molar-refractivity contribution in [3.05, 3.63) is 29.6 Å². The van der Waals surface area contributed by atoms with E-state index in [0.717, 1.165) is 19.4 Å². The average Bonchev–Trinajstić information content (AvgIpc) is 2.44. The lowest BCUT2D eigenvalue weighted by Crippen LogP contribution is -2.18. The molecule has 3 nitrogen and oxygen atoms in total. The number of hydrogen-bond acceptors (Lipinski definition) is 3. The fourth-order valence-corrected chi connectivity index (χ4v) is 2.12. The minimum Gasteiger partial charge on any atom is -0.493 e. The van der Waals surface area contributed by atoms with Gasteiger partial charge >= 0.3 is 0 Å². The molecule has 0 aromatic heterocycles. The lowest BCUT2D eigenvalue weighted by molar-refractivity contribution is 0.283. The fraction of sp³-hybridized carbons (Fsp3) is 0.588. The van der Waals surface area contributed by atoms with E-state index in [9.17, 15) is 4.39 Å². The lowest BCUT2D eigenvalue weighted by atomic mass is 9.90. The summed E-state index contributed by atoms with van der Waals surface area (Å²) in [5, 5.41) is 12.1. The van der Waals surface area contributed by atoms with Crippen LogP contribution in [-0.4, -0.2) is 13.2 Å². The molecule has 21 heavy (non-hydrogen) atoms. The maximum atomic E-state index is 14.0. The number of nitrogens with zero attached hydrogens (tertiary/aromatic N) is 1. The predicted octanol–water partition coefficient (Wildman–Crippen LogP) is 4.20. The molecule has 0 bridgehead atoms. The first-order valence-electron chi connectivity index (χ1n) is 7.46. The van der Waals surface area contributed by atoms with E-state index in [1.165, 1.54) is 6.07 Å². The summed E-state index contributed by atoms with van der Waals surface area (Å²) >= 11 is 0. The van der Waals surface area contributed by atoms with Gasteiger partial charge < -0.3 is 10.1 Å². The Morgan fingerprint density at radius 3 is 2.71 bits per heavy atom. The van der Waals surface area contributed by atoms with Crippen LogP contribution < -0.4 is 10.1 Å². The van der Waals surface area contributed by atoms with Crippen molar-refractivity contribution < 1.29 is 9.13 Å². The van der Waals surface area contributed by atoms with E-state index >= 15 is 0 Å². The highest BCUT2D eigenvalue weighted by Gasteiger charge is 2.16. The second-order valence-electron chi connectivity index (χ2n) is 5.91. The van der Waals surface area contributed by atoms with Gasteiger partial charge in [0.2, 0.25) is 0 Å². The molecule has 1 atom stereocenters. The zero-order valence-electron chi connectivity index (χ0n) is 13.4. The molecule has 1 unspecified atom stereocenters. The number of nitrogens with one attached hydrogen (secondary N) is 1. The van der Waals surface area contributed by atoms with E-state index < -0.39 is 0 Å². The third kappa shape index (κ3) is 5.73. The van der Waals surface area contributed by atoms with Crippen LogP contribution in [0.3, 0.4) is 0 Å². The minimum absolute atomic E-state index is 0.0134. The summed E-state index contributed by atoms with van der Waals surface area (Å²) in [5.74, 6) is 0.285. The number of rotatable bonds is 8. The molecule has 1 N–H and O–H groups in total. The molecule has 0 saturated heterocycles. The van der Waals surface area contributed by atoms with Crippen molar-refractivity contribution in [3.8, 4) is 11.8 Å². The van der Waals surface area contributed by atoms with Crippen molar-refractivity contribution >= 4 is 0 Å². The minimum atomic E-state index is -0.334. The molecule has 1 aromatic rings. The van der Waals surface area contributed by atoms with Crippen LogP contribution in [0.5, 0.6) is 5.75 Å². The molecular formula is C17H25FN2O. The molecule has 0 heterocycles. The Balaban J connectivity index is 2.51. The standard InChI is InChI=1S/C17H25FN2O/c1-5-20-13(2)15-8-7-14(11-16(15)18)21-10-6-9-17(3,4)12-19/h7-8,11,13,20H,5-6,9-10H2,1-4H3. The zero-order valence-corrected chi connectivity index (χ0v) is 13.4. The molecule has 0 aliphatic heterocycles. The van der Waals surface area contributed by atoms with Gasteiger partial charge in [0.1, 0.15) is 11.6 Å². The normalized spacial score (nSPS) is 12.8. The van der Waals surface area contributed by atoms with Crippen LogP contribution in [0.15, 0.2) is 18.2 Å². The largest absolute Gasteiger partial charge is 0.493 e. The van der Waals surface area contributed by atoms with Crippen molar-refractivity contribution in [1.29, 1.82) is 5.26 Å². The van der Waals surface area contributed by atoms with Crippen molar-refractivity contribution in [2.45, 2.75) is 46.6 Å². The van der Waals surface area contributed by atoms with Crippen molar-refractivity contribution in [2.24, 2.45) is 5.41 Å². The Bertz CT molecular complexity index is 494. The second kappa shape index (κ2) is 7.99. The molecule has 0 fully saturated rings. The first-order chi connectivity index (χ1) is 9.89. The molecule has 0 radical (unpaired) electrons. The Morgan fingerprint density at radius 1 is 1.43 bits per heavy atom. The summed E-state index contributed by atoms with van der Waals surface area (Å²) < 4.78 is 19.6. The monoisotopic (exact) mass is 292 g/mol. The number of halogens is 1. The fourth-order valence-electron chi connectivity index (χ4n) is 2.12. The highest BCUT2D eigenvalue weighted by Crippen LogP contribution is 2.23. The first kappa shape index (κ1) is 17.5. The Hall–Kier alpha value is -1.60. The van der Waals surface area contributed by atoms with Gasteiger partial charge in [0.05, 0.1) is 18.1 Å². The maximum absolute atomic E-state index is 14.0. The molecule has 4 heteroatoms. The summed E-state index contributed by atoms with van der Waals surface area (Å²) in [6.45, 7) is 9.04. The summed E-state index contributed by atoms with van der Waals surface area (Å²) in [4.78, 5) is 0. The zero-order chi connectivity index (χ0) is 15.9. The Kier molecular flexibility index (Phi) is 6.64. The highest BCUT2D eigenvalue weighted by atomic mass is 19.1. The number of ether oxygens (including phenoxy) is 1.